The number of halogens is 5. The first-order valence-electron chi connectivity index (χ1n) is 4.49. The average Bonchev–Trinajstić information content (AvgIpc) is 2.29. The van der Waals surface area contributed by atoms with E-state index in [1.165, 1.54) is 30.3 Å². The van der Waals surface area contributed by atoms with Gasteiger partial charge in [0.1, 0.15) is 0 Å². The number of nitrogens with zero attached hydrogens (tertiary/aromatic N) is 3. The molecule has 0 heterocycles. The summed E-state index contributed by atoms with van der Waals surface area (Å²) in [6, 6.07) is 6.61. The van der Waals surface area contributed by atoms with Crippen LogP contribution in [0.4, 0.5) is 22.0 Å². The van der Waals surface area contributed by atoms with Crippen molar-refractivity contribution in [2.45, 2.75) is 22.4 Å². The van der Waals surface area contributed by atoms with Gasteiger partial charge in [0.25, 0.3) is 0 Å². The van der Waals surface area contributed by atoms with E-state index in [1.807, 2.05) is 5.11 Å². The maximum absolute atomic E-state index is 13.3. The van der Waals surface area contributed by atoms with E-state index in [0.717, 1.165) is 0 Å². The summed E-state index contributed by atoms with van der Waals surface area (Å²) in [5.74, 6) is -5.10. The van der Waals surface area contributed by atoms with Crippen LogP contribution in [-0.2, 0) is 0 Å². The molecule has 0 aliphatic carbocycles. The largest absolute Gasteiger partial charge is 0.363 e. The molecular formula is C9H6F5N3S. The first-order chi connectivity index (χ1) is 8.31. The van der Waals surface area contributed by atoms with Crippen LogP contribution in [0.3, 0.4) is 0 Å². The summed E-state index contributed by atoms with van der Waals surface area (Å²) in [5, 5.41) is -2.76. The molecule has 0 N–H and O–H groups in total. The summed E-state index contributed by atoms with van der Waals surface area (Å²) in [4.78, 5) is 1.59. The Kier molecular flexibility index (Phi) is 4.42. The fourth-order valence-electron chi connectivity index (χ4n) is 0.961. The Balaban J connectivity index is 2.94. The predicted molar refractivity (Wildman–Crippen MR) is 56.2 cm³/mol. The minimum Gasteiger partial charge on any atom is -0.234 e. The molecular weight excluding hydrogens is 277 g/mol. The molecule has 0 aromatic heterocycles. The van der Waals surface area contributed by atoms with Crippen molar-refractivity contribution in [1.29, 1.82) is 0 Å². The monoisotopic (exact) mass is 283 g/mol. The summed E-state index contributed by atoms with van der Waals surface area (Å²) < 4.78 is 65.3. The van der Waals surface area contributed by atoms with Gasteiger partial charge in [-0.1, -0.05) is 23.3 Å². The summed E-state index contributed by atoms with van der Waals surface area (Å²) in [7, 11) is 0. The smallest absolute Gasteiger partial charge is 0.234 e. The summed E-state index contributed by atoms with van der Waals surface area (Å²) in [5.41, 5.74) is 7.79. The molecule has 1 rings (SSSR count). The van der Waals surface area contributed by atoms with Crippen LogP contribution >= 0.6 is 11.8 Å². The van der Waals surface area contributed by atoms with Crippen molar-refractivity contribution in [3.8, 4) is 0 Å². The molecule has 0 aliphatic rings. The van der Waals surface area contributed by atoms with Gasteiger partial charge in [0, 0.05) is 9.81 Å². The van der Waals surface area contributed by atoms with E-state index in [2.05, 4.69) is 0 Å². The van der Waals surface area contributed by atoms with Crippen LogP contribution in [-0.4, -0.2) is 17.5 Å². The van der Waals surface area contributed by atoms with E-state index in [1.54, 1.807) is 4.91 Å². The van der Waals surface area contributed by atoms with Crippen LogP contribution in [0.1, 0.15) is 0 Å². The maximum atomic E-state index is 13.3. The highest BCUT2D eigenvalue weighted by Gasteiger charge is 2.62. The number of azide groups is 1. The number of benzene rings is 1. The van der Waals surface area contributed by atoms with Gasteiger partial charge < -0.3 is 0 Å². The molecule has 3 nitrogen and oxygen atoms in total. The second-order valence-corrected chi connectivity index (χ2v) is 4.28. The lowest BCUT2D eigenvalue weighted by atomic mass is 10.3. The molecule has 0 bridgehead atoms. The van der Waals surface area contributed by atoms with Crippen molar-refractivity contribution in [1.82, 2.24) is 0 Å². The highest BCUT2D eigenvalue weighted by Crippen LogP contribution is 2.49. The zero-order valence-corrected chi connectivity index (χ0v) is 9.42. The van der Waals surface area contributed by atoms with E-state index in [4.69, 9.17) is 5.53 Å². The van der Waals surface area contributed by atoms with Crippen LogP contribution in [0.25, 0.3) is 10.4 Å². The van der Waals surface area contributed by atoms with Gasteiger partial charge in [-0.15, -0.1) is 0 Å². The van der Waals surface area contributed by atoms with Gasteiger partial charge in [-0.3, -0.25) is 0 Å². The number of hydrogen-bond donors (Lipinski definition) is 0. The Labute approximate surface area is 103 Å². The molecule has 0 amide bonds. The topological polar surface area (TPSA) is 48.8 Å². The van der Waals surface area contributed by atoms with E-state index in [0.29, 0.717) is 0 Å². The average molecular weight is 283 g/mol. The van der Waals surface area contributed by atoms with Gasteiger partial charge in [0.05, 0.1) is 0 Å². The molecule has 1 aromatic rings. The highest BCUT2D eigenvalue weighted by atomic mass is 32.2. The summed E-state index contributed by atoms with van der Waals surface area (Å²) in [6.45, 7) is 0. The quantitative estimate of drug-likeness (QED) is 0.194. The zero-order valence-electron chi connectivity index (χ0n) is 8.60. The summed E-state index contributed by atoms with van der Waals surface area (Å²) >= 11 is -0.500. The van der Waals surface area contributed by atoms with Crippen LogP contribution in [0.15, 0.2) is 40.3 Å². The second-order valence-electron chi connectivity index (χ2n) is 3.10. The van der Waals surface area contributed by atoms with Crippen molar-refractivity contribution in [3.63, 3.8) is 0 Å². The van der Waals surface area contributed by atoms with Crippen molar-refractivity contribution in [2.24, 2.45) is 5.11 Å². The Morgan fingerprint density at radius 2 is 1.72 bits per heavy atom. The Bertz CT molecular complexity index is 447. The standard InChI is InChI=1S/C9H6F5N3S/c10-7(16-17-15)8(11,12)9(13,14)18-6-4-2-1-3-5-6/h1-5,7H. The number of thioether (sulfide) groups is 1. The van der Waals surface area contributed by atoms with Crippen LogP contribution in [0, 0.1) is 0 Å². The molecule has 18 heavy (non-hydrogen) atoms. The summed E-state index contributed by atoms with van der Waals surface area (Å²) in [6.07, 6.45) is -3.63. The van der Waals surface area contributed by atoms with Gasteiger partial charge in [0.2, 0.25) is 6.30 Å². The minimum absolute atomic E-state index is 0.157. The van der Waals surface area contributed by atoms with Crippen LogP contribution in [0.5, 0.6) is 0 Å². The molecule has 0 aliphatic heterocycles. The third-order valence-electron chi connectivity index (χ3n) is 1.83. The van der Waals surface area contributed by atoms with Crippen LogP contribution < -0.4 is 0 Å². The lowest BCUT2D eigenvalue weighted by Crippen LogP contribution is -2.44. The molecule has 0 radical (unpaired) electrons. The number of alkyl halides is 5. The van der Waals surface area contributed by atoms with E-state index >= 15 is 0 Å². The molecule has 1 aromatic carbocycles. The van der Waals surface area contributed by atoms with Crippen LogP contribution in [0.2, 0.25) is 0 Å². The Morgan fingerprint density at radius 3 is 2.22 bits per heavy atom. The molecule has 0 spiro atoms. The third kappa shape index (κ3) is 3.05. The van der Waals surface area contributed by atoms with Crippen molar-refractivity contribution in [2.75, 3.05) is 0 Å². The van der Waals surface area contributed by atoms with Crippen molar-refractivity contribution >= 4 is 11.8 Å². The first-order valence-corrected chi connectivity index (χ1v) is 5.31. The highest BCUT2D eigenvalue weighted by molar-refractivity contribution is 8.00. The molecule has 0 fully saturated rings. The SMILES string of the molecule is [N-]=[N+]=NC(F)C(F)(F)C(F)(F)Sc1ccccc1. The second kappa shape index (κ2) is 5.45. The number of hydrogen-bond acceptors (Lipinski definition) is 2. The molecule has 0 saturated carbocycles. The normalized spacial score (nSPS) is 13.8. The van der Waals surface area contributed by atoms with E-state index in [9.17, 15) is 22.0 Å². The minimum atomic E-state index is -5.10. The van der Waals surface area contributed by atoms with Crippen molar-refractivity contribution in [3.05, 3.63) is 40.8 Å². The lowest BCUT2D eigenvalue weighted by Gasteiger charge is -2.26. The van der Waals surface area contributed by atoms with E-state index < -0.39 is 29.2 Å². The fourth-order valence-corrected chi connectivity index (χ4v) is 1.78. The maximum Gasteiger partial charge on any atom is 0.363 e. The molecule has 9 heteroatoms. The Morgan fingerprint density at radius 1 is 1.17 bits per heavy atom. The Hall–Kier alpha value is -1.47. The third-order valence-corrected chi connectivity index (χ3v) is 2.87. The first kappa shape index (κ1) is 14.6. The lowest BCUT2D eigenvalue weighted by molar-refractivity contribution is -0.188. The molecule has 0 saturated heterocycles. The van der Waals surface area contributed by atoms with Gasteiger partial charge >= 0.3 is 11.2 Å². The van der Waals surface area contributed by atoms with Gasteiger partial charge in [-0.2, -0.15) is 17.6 Å². The molecule has 1 unspecified atom stereocenters. The predicted octanol–water partition coefficient (Wildman–Crippen LogP) is 4.61. The van der Waals surface area contributed by atoms with Crippen molar-refractivity contribution < 1.29 is 22.0 Å². The molecule has 98 valence electrons. The van der Waals surface area contributed by atoms with Gasteiger partial charge in [-0.25, -0.2) is 4.39 Å². The fraction of sp³-hybridized carbons (Fsp3) is 0.333. The molecule has 1 atom stereocenters. The van der Waals surface area contributed by atoms with Gasteiger partial charge in [-0.05, 0) is 29.4 Å². The zero-order chi connectivity index (χ0) is 13.8. The number of rotatable bonds is 5. The van der Waals surface area contributed by atoms with E-state index in [-0.39, 0.29) is 4.90 Å². The van der Waals surface area contributed by atoms with Gasteiger partial charge in [0.15, 0.2) is 0 Å².